The quantitative estimate of drug-likeness (QED) is 0.0299. The van der Waals surface area contributed by atoms with Gasteiger partial charge in [-0.3, -0.25) is 86.3 Å². The molecule has 3 aliphatic heterocycles. The number of aromatic nitrogens is 4. The predicted molar refractivity (Wildman–Crippen MR) is 489 cm³/mol. The molecule has 7 aromatic rings. The number of carbonyl (C=O) groups is 18. The van der Waals surface area contributed by atoms with Gasteiger partial charge in [0.25, 0.3) is 0 Å². The number of rotatable bonds is 23. The fourth-order valence-corrected chi connectivity index (χ4v) is 17.5. The standard InChI is InChI=1S/C91H117N21O22S/c1-6-7-22-70-85(128)105-67(39-92)83(126)107-69(81(124)98-43-76(94)118)46-135-47-77(119)100-64(31-51-24-26-56(114)27-25-51)87(130)108(3)49(2)79(122)103-66(38-75(93)117)90(133)111-30-15-23-71(111)86(129)102-63(36-55-42-95-48-99-55)82(125)101-62(28-29-78(120)121)89(132)112-44-57(115)37-72(112)74(116)35-52(33-53-40-96-60-20-13-11-18-58(53)60)80(123)106-68(45-113)84(127)104-65(34-54-41-97-61-21-14-12-19-59(54)61)88(131)110(5)73(91(134)109(70)4)32-50-16-9-8-10-17-50/h8-14,16-21,24-27,40-42,48-49,52,57,62-73,96-97,113-115H,6-7,15,22-23,28-39,43-47,92H2,1-5H3,(H2,93,117)(H2,94,118)(H,95,99)(H,98,124)(H,100,119)(H,101,125)(H,102,129)(H,103,122)(H,104,127)(H,105,128)(H,106,123)(H,107,126)(H,120,121)/t49-,52+,57+,62-,63-,64-,65-,66-,67-,68-,69-,70-,71-,72-,73-/m0/s1. The van der Waals surface area contributed by atoms with Gasteiger partial charge in [-0.2, -0.15) is 0 Å². The molecule has 22 N–H and O–H groups in total. The number of fused-ring (bicyclic) bond motifs is 4. The topological polar surface area (TPSA) is 651 Å². The largest absolute Gasteiger partial charge is 0.508 e. The lowest BCUT2D eigenvalue weighted by Gasteiger charge is -2.36. The number of hydrogen-bond acceptors (Lipinski definition) is 24. The van der Waals surface area contributed by atoms with Crippen LogP contribution in [0.15, 0.2) is 128 Å². The fraction of sp³-hybridized carbons (Fsp3) is 0.462. The van der Waals surface area contributed by atoms with Crippen molar-refractivity contribution in [2.45, 2.75) is 195 Å². The summed E-state index contributed by atoms with van der Waals surface area (Å²) in [4.78, 5) is 280. The fourth-order valence-electron chi connectivity index (χ4n) is 16.7. The number of hydrogen-bond donors (Lipinski definition) is 19. The summed E-state index contributed by atoms with van der Waals surface area (Å²) in [5, 5.41) is 67.3. The number of imidazole rings is 1. The van der Waals surface area contributed by atoms with Gasteiger partial charge in [0, 0.05) is 138 Å². The molecule has 15 atom stereocenters. The molecule has 0 bridgehead atoms. The Morgan fingerprint density at radius 1 is 0.556 bits per heavy atom. The minimum atomic E-state index is -1.91. The number of aromatic hydroxyl groups is 1. The van der Waals surface area contributed by atoms with Crippen LogP contribution < -0.4 is 65.1 Å². The number of H-pyrrole nitrogens is 3. The number of primary amides is 2. The second-order valence-electron chi connectivity index (χ2n) is 33.9. The number of unbranched alkanes of at least 4 members (excludes halogenated alkanes) is 1. The van der Waals surface area contributed by atoms with Crippen molar-refractivity contribution in [1.29, 1.82) is 0 Å². The molecule has 4 aromatic carbocycles. The first-order chi connectivity index (χ1) is 64.4. The van der Waals surface area contributed by atoms with Gasteiger partial charge in [0.2, 0.25) is 94.5 Å². The first-order valence-corrected chi connectivity index (χ1v) is 45.5. The van der Waals surface area contributed by atoms with Gasteiger partial charge in [-0.15, -0.1) is 11.8 Å². The Kier molecular flexibility index (Phi) is 37.0. The number of aliphatic carboxylic acids is 1. The summed E-state index contributed by atoms with van der Waals surface area (Å²) in [7, 11) is 3.81. The van der Waals surface area contributed by atoms with Crippen LogP contribution in [0.4, 0.5) is 0 Å². The van der Waals surface area contributed by atoms with Crippen LogP contribution in [0, 0.1) is 5.92 Å². The van der Waals surface area contributed by atoms with Crippen molar-refractivity contribution in [3.63, 3.8) is 0 Å². The zero-order valence-electron chi connectivity index (χ0n) is 75.3. The number of amides is 16. The highest BCUT2D eigenvalue weighted by Gasteiger charge is 2.47. The van der Waals surface area contributed by atoms with Crippen molar-refractivity contribution in [2.24, 2.45) is 23.1 Å². The predicted octanol–water partition coefficient (Wildman–Crippen LogP) is -3.27. The van der Waals surface area contributed by atoms with E-state index < -0.39 is 273 Å². The van der Waals surface area contributed by atoms with Crippen LogP contribution in [0.25, 0.3) is 21.8 Å². The molecule has 724 valence electrons. The number of nitrogens with zero attached hydrogens (tertiary/aromatic N) is 6. The maximum absolute atomic E-state index is 15.9. The lowest BCUT2D eigenvalue weighted by molar-refractivity contribution is -0.149. The van der Waals surface area contributed by atoms with Crippen LogP contribution in [0.3, 0.4) is 0 Å². The number of phenolic OH excluding ortho intramolecular Hbond substituents is 1. The normalized spacial score (nSPS) is 24.8. The van der Waals surface area contributed by atoms with Gasteiger partial charge in [-0.1, -0.05) is 98.6 Å². The van der Waals surface area contributed by atoms with Crippen LogP contribution in [0.1, 0.15) is 106 Å². The van der Waals surface area contributed by atoms with Gasteiger partial charge >= 0.3 is 5.97 Å². The summed E-state index contributed by atoms with van der Waals surface area (Å²) >= 11 is 0.740. The number of aromatic amines is 3. The number of carbonyl (C=O) groups excluding carboxylic acids is 17. The number of phenols is 1. The van der Waals surface area contributed by atoms with Crippen molar-refractivity contribution in [3.05, 3.63) is 156 Å². The van der Waals surface area contributed by atoms with Crippen LogP contribution in [-0.2, 0) is 118 Å². The van der Waals surface area contributed by atoms with E-state index in [-0.39, 0.29) is 62.9 Å². The van der Waals surface area contributed by atoms with E-state index in [1.54, 1.807) is 91.3 Å². The summed E-state index contributed by atoms with van der Waals surface area (Å²) in [5.41, 5.74) is 20.6. The SMILES string of the molecule is CCCC[C@H]1C(=O)N[C@@H](CN)C(=O)N[C@H](C(=O)NCC(N)=O)CSCC(=O)N[C@@H](Cc2ccc(O)cc2)C(=O)N(C)[C@@H](C)C(=O)N[C@@H](CC(N)=O)C(=O)N2CCC[C@H]2C(=O)N[C@@H](Cc2c[nH]cn2)C(=O)N[C@@H](CCC(=O)O)C(=O)N2C[C@H](O)C[C@H]2C(=O)C[C@@H](Cc2c[nH]c3ccccc23)C(=O)N[C@@H](CO)C(=O)N[C@@H](Cc2c[nH]c3ccccc23)C(=O)N(C)[C@@H](Cc2ccccc2)C(=O)N1C. The third-order valence-electron chi connectivity index (χ3n) is 24.2. The van der Waals surface area contributed by atoms with Gasteiger partial charge in [-0.05, 0) is 85.5 Å². The summed E-state index contributed by atoms with van der Waals surface area (Å²) < 4.78 is 0. The molecule has 16 amide bonds. The molecule has 0 aliphatic carbocycles. The van der Waals surface area contributed by atoms with E-state index in [4.69, 9.17) is 17.2 Å². The van der Waals surface area contributed by atoms with Crippen LogP contribution in [0.2, 0.25) is 0 Å². The van der Waals surface area contributed by atoms with Crippen molar-refractivity contribution >= 4 is 140 Å². The minimum absolute atomic E-state index is 0.0515. The number of carboxylic acid groups (broad SMARTS) is 1. The van der Waals surface area contributed by atoms with Crippen molar-refractivity contribution in [1.82, 2.24) is 92.3 Å². The van der Waals surface area contributed by atoms with Crippen molar-refractivity contribution < 1.29 is 107 Å². The van der Waals surface area contributed by atoms with Crippen LogP contribution >= 0.6 is 11.8 Å². The number of nitrogens with one attached hydrogen (secondary N) is 12. The average Bonchev–Trinajstić information content (AvgIpc) is 1.80. The van der Waals surface area contributed by atoms with E-state index in [1.165, 1.54) is 64.9 Å². The molecule has 43 nitrogen and oxygen atoms in total. The molecule has 3 aromatic heterocycles. The zero-order chi connectivity index (χ0) is 98.0. The second-order valence-corrected chi connectivity index (χ2v) is 34.9. The number of aliphatic hydroxyl groups is 2. The molecular formula is C91H117N21O22S. The van der Waals surface area contributed by atoms with Crippen LogP contribution in [0.5, 0.6) is 5.75 Å². The molecule has 0 saturated carbocycles. The Hall–Kier alpha value is -14.1. The summed E-state index contributed by atoms with van der Waals surface area (Å²) in [6.45, 7) is -0.172. The Labute approximate surface area is 780 Å². The Balaban J connectivity index is 1.02. The molecule has 0 radical (unpaired) electrons. The van der Waals surface area contributed by atoms with E-state index in [0.717, 1.165) is 36.3 Å². The maximum Gasteiger partial charge on any atom is 0.303 e. The highest BCUT2D eigenvalue weighted by atomic mass is 32.2. The second kappa shape index (κ2) is 48.5. The minimum Gasteiger partial charge on any atom is -0.508 e. The third kappa shape index (κ3) is 27.8. The summed E-state index contributed by atoms with van der Waals surface area (Å²) in [6.07, 6.45) is 0.165. The molecule has 3 aliphatic rings. The lowest BCUT2D eigenvalue weighted by atomic mass is 9.90. The number of ketones is 1. The van der Waals surface area contributed by atoms with E-state index in [1.807, 2.05) is 6.92 Å². The number of carboxylic acids is 1. The number of thioether (sulfide) groups is 1. The molecule has 6 heterocycles. The lowest BCUT2D eigenvalue weighted by Crippen LogP contribution is -2.61. The number of likely N-dealkylation sites (N-methyl/N-ethyl adjacent to an activating group) is 3. The molecule has 10 rings (SSSR count). The van der Waals surface area contributed by atoms with E-state index in [2.05, 4.69) is 67.8 Å². The van der Waals surface area contributed by atoms with Gasteiger partial charge in [0.05, 0.1) is 49.5 Å². The first kappa shape index (κ1) is 103. The smallest absolute Gasteiger partial charge is 0.303 e. The van der Waals surface area contributed by atoms with E-state index in [9.17, 15) is 68.4 Å². The maximum atomic E-state index is 15.9. The monoisotopic (exact) mass is 1890 g/mol. The Morgan fingerprint density at radius 2 is 1.13 bits per heavy atom. The molecule has 3 saturated heterocycles. The number of benzene rings is 4. The zero-order valence-corrected chi connectivity index (χ0v) is 76.1. The van der Waals surface area contributed by atoms with E-state index in [0.29, 0.717) is 56.9 Å². The molecule has 135 heavy (non-hydrogen) atoms. The first-order valence-electron chi connectivity index (χ1n) is 44.3. The number of aliphatic hydroxyl groups excluding tert-OH is 2. The van der Waals surface area contributed by atoms with Gasteiger partial charge < -0.3 is 125 Å². The third-order valence-corrected chi connectivity index (χ3v) is 25.3. The van der Waals surface area contributed by atoms with Gasteiger partial charge in [-0.25, -0.2) is 4.98 Å². The Morgan fingerprint density at radius 3 is 1.76 bits per heavy atom. The number of nitrogens with two attached hydrogens (primary N) is 3. The Bertz CT molecular complexity index is 5450. The van der Waals surface area contributed by atoms with Gasteiger partial charge in [0.15, 0.2) is 5.78 Å². The van der Waals surface area contributed by atoms with E-state index >= 15 is 38.4 Å². The highest BCUT2D eigenvalue weighted by molar-refractivity contribution is 8.00. The van der Waals surface area contributed by atoms with Gasteiger partial charge in [0.1, 0.15) is 78.3 Å². The summed E-state index contributed by atoms with van der Waals surface area (Å²) in [5.74, 6) is -21.0. The number of Topliss-reactive ketones (excluding diaryl/α,β-unsaturated/α-hetero) is 1. The molecule has 44 heteroatoms. The molecular weight excluding hydrogens is 1770 g/mol. The highest BCUT2D eigenvalue weighted by Crippen LogP contribution is 2.30. The summed E-state index contributed by atoms with van der Waals surface area (Å²) in [6, 6.07) is 6.63. The molecule has 3 fully saturated rings. The average molecular weight is 1890 g/mol. The van der Waals surface area contributed by atoms with Crippen molar-refractivity contribution in [2.75, 3.05) is 65.4 Å². The van der Waals surface area contributed by atoms with Crippen LogP contribution in [-0.4, -0.2) is 321 Å². The van der Waals surface area contributed by atoms with Crippen molar-refractivity contribution in [3.8, 4) is 5.75 Å². The molecule has 0 unspecified atom stereocenters. The number of para-hydroxylation sites is 2. The molecule has 0 spiro atoms.